The van der Waals surface area contributed by atoms with Crippen LogP contribution in [0.15, 0.2) is 18.6 Å². The maximum absolute atomic E-state index is 12.3. The summed E-state index contributed by atoms with van der Waals surface area (Å²) >= 11 is 0. The summed E-state index contributed by atoms with van der Waals surface area (Å²) in [6, 6.07) is 0. The topological polar surface area (TPSA) is 67.5 Å². The number of H-pyrrole nitrogens is 1. The van der Waals surface area contributed by atoms with E-state index in [4.69, 9.17) is 9.47 Å². The molecule has 2 aliphatic heterocycles. The number of likely N-dealkylation sites (tertiary alicyclic amines) is 1. The molecule has 0 unspecified atom stereocenters. The van der Waals surface area contributed by atoms with Crippen LogP contribution in [0, 0.1) is 0 Å². The molecule has 3 rings (SSSR count). The predicted octanol–water partition coefficient (Wildman–Crippen LogP) is 1.22. The summed E-state index contributed by atoms with van der Waals surface area (Å²) < 4.78 is 11.5. The van der Waals surface area contributed by atoms with Gasteiger partial charge in [-0.25, -0.2) is 4.98 Å². The Balaban J connectivity index is 1.67. The minimum absolute atomic E-state index is 0.00836. The summed E-state index contributed by atoms with van der Waals surface area (Å²) in [5.41, 5.74) is 0.506. The highest BCUT2D eigenvalue weighted by atomic mass is 16.6. The molecule has 2 fully saturated rings. The normalized spacial score (nSPS) is 29.6. The van der Waals surface area contributed by atoms with Crippen molar-refractivity contribution >= 4 is 12.0 Å². The van der Waals surface area contributed by atoms with Gasteiger partial charge in [-0.15, -0.1) is 0 Å². The molecule has 0 aliphatic carbocycles. The molecule has 1 N–H and O–H groups in total. The lowest BCUT2D eigenvalue weighted by Crippen LogP contribution is -2.58. The van der Waals surface area contributed by atoms with Crippen molar-refractivity contribution in [2.24, 2.45) is 0 Å². The zero-order chi connectivity index (χ0) is 14.7. The molecule has 6 heteroatoms. The van der Waals surface area contributed by atoms with E-state index in [-0.39, 0.29) is 17.6 Å². The number of hydrogen-bond donors (Lipinski definition) is 1. The number of imidazole rings is 1. The molecule has 1 amide bonds. The monoisotopic (exact) mass is 291 g/mol. The first-order valence-corrected chi connectivity index (χ1v) is 7.36. The Hall–Kier alpha value is -1.66. The lowest BCUT2D eigenvalue weighted by atomic mass is 9.87. The molecule has 21 heavy (non-hydrogen) atoms. The average molecular weight is 291 g/mol. The number of carbonyl (C=O) groups is 1. The average Bonchev–Trinajstić information content (AvgIpc) is 3.17. The summed E-state index contributed by atoms with van der Waals surface area (Å²) in [5, 5.41) is 0. The second kappa shape index (κ2) is 5.99. The Morgan fingerprint density at radius 3 is 3.24 bits per heavy atom. The zero-order valence-corrected chi connectivity index (χ0v) is 12.2. The molecule has 0 bridgehead atoms. The highest BCUT2D eigenvalue weighted by Gasteiger charge is 2.47. The maximum Gasteiger partial charge on any atom is 0.246 e. The van der Waals surface area contributed by atoms with Crippen LogP contribution in [-0.2, 0) is 14.3 Å². The zero-order valence-electron chi connectivity index (χ0n) is 12.2. The van der Waals surface area contributed by atoms with Crippen LogP contribution in [0.5, 0.6) is 0 Å². The van der Waals surface area contributed by atoms with E-state index in [2.05, 4.69) is 9.97 Å². The molecule has 0 radical (unpaired) electrons. The van der Waals surface area contributed by atoms with E-state index in [9.17, 15) is 4.79 Å². The molecule has 1 aromatic rings. The first kappa shape index (κ1) is 14.3. The number of aromatic amines is 1. The third-order valence-electron chi connectivity index (χ3n) is 4.36. The minimum atomic E-state index is -0.315. The fourth-order valence-electron chi connectivity index (χ4n) is 3.28. The molecule has 6 nitrogen and oxygen atoms in total. The van der Waals surface area contributed by atoms with Crippen LogP contribution >= 0.6 is 0 Å². The highest BCUT2D eigenvalue weighted by molar-refractivity contribution is 5.91. The number of piperidine rings is 1. The van der Waals surface area contributed by atoms with Gasteiger partial charge in [-0.05, 0) is 25.3 Å². The van der Waals surface area contributed by atoms with Gasteiger partial charge in [0.1, 0.15) is 5.60 Å². The molecule has 2 saturated heterocycles. The van der Waals surface area contributed by atoms with Crippen molar-refractivity contribution in [2.75, 3.05) is 26.8 Å². The Morgan fingerprint density at radius 1 is 1.67 bits per heavy atom. The van der Waals surface area contributed by atoms with Crippen LogP contribution in [-0.4, -0.2) is 59.3 Å². The largest absolute Gasteiger partial charge is 0.378 e. The molecular formula is C15H21N3O3. The van der Waals surface area contributed by atoms with Gasteiger partial charge in [-0.2, -0.15) is 0 Å². The summed E-state index contributed by atoms with van der Waals surface area (Å²) in [4.78, 5) is 21.1. The number of rotatable bonds is 3. The SMILES string of the molecule is CO[C@H]1CCN(C(=O)/C=C/c2cnc[nH]2)C[C@@]12CCCO2. The van der Waals surface area contributed by atoms with Crippen molar-refractivity contribution in [3.8, 4) is 0 Å². The van der Waals surface area contributed by atoms with E-state index in [0.717, 1.165) is 31.6 Å². The number of hydrogen-bond acceptors (Lipinski definition) is 4. The van der Waals surface area contributed by atoms with Crippen LogP contribution in [0.3, 0.4) is 0 Å². The molecule has 114 valence electrons. The van der Waals surface area contributed by atoms with Gasteiger partial charge in [0.05, 0.1) is 30.9 Å². The summed E-state index contributed by atoms with van der Waals surface area (Å²) in [7, 11) is 1.73. The number of aromatic nitrogens is 2. The standard InChI is InChI=1S/C15H21N3O3/c1-20-13-5-7-18(10-15(13)6-2-8-21-15)14(19)4-3-12-9-16-11-17-12/h3-4,9,11,13H,2,5-8,10H2,1H3,(H,16,17)/b4-3+/t13-,15-/m0/s1. The van der Waals surface area contributed by atoms with Gasteiger partial charge < -0.3 is 19.4 Å². The van der Waals surface area contributed by atoms with Crippen molar-refractivity contribution in [1.29, 1.82) is 0 Å². The summed E-state index contributed by atoms with van der Waals surface area (Å²) in [6.07, 6.45) is 9.51. The van der Waals surface area contributed by atoms with Crippen molar-refractivity contribution in [2.45, 2.75) is 31.0 Å². The van der Waals surface area contributed by atoms with Crippen molar-refractivity contribution in [3.63, 3.8) is 0 Å². The molecule has 1 spiro atoms. The Kier molecular flexibility index (Phi) is 4.07. The number of ether oxygens (including phenoxy) is 2. The molecule has 3 heterocycles. The van der Waals surface area contributed by atoms with Crippen LogP contribution in [0.2, 0.25) is 0 Å². The van der Waals surface area contributed by atoms with E-state index >= 15 is 0 Å². The minimum Gasteiger partial charge on any atom is -0.378 e. The van der Waals surface area contributed by atoms with Crippen molar-refractivity contribution in [3.05, 3.63) is 24.3 Å². The second-order valence-electron chi connectivity index (χ2n) is 5.63. The number of methoxy groups -OCH3 is 1. The number of nitrogens with zero attached hydrogens (tertiary/aromatic N) is 2. The molecular weight excluding hydrogens is 270 g/mol. The second-order valence-corrected chi connectivity index (χ2v) is 5.63. The van der Waals surface area contributed by atoms with Crippen molar-refractivity contribution < 1.29 is 14.3 Å². The highest BCUT2D eigenvalue weighted by Crippen LogP contribution is 2.36. The van der Waals surface area contributed by atoms with Gasteiger partial charge >= 0.3 is 0 Å². The Morgan fingerprint density at radius 2 is 2.57 bits per heavy atom. The first-order valence-electron chi connectivity index (χ1n) is 7.36. The van der Waals surface area contributed by atoms with E-state index in [1.807, 2.05) is 4.90 Å². The van der Waals surface area contributed by atoms with Crippen LogP contribution in [0.25, 0.3) is 6.08 Å². The van der Waals surface area contributed by atoms with E-state index in [1.54, 1.807) is 31.8 Å². The molecule has 1 aromatic heterocycles. The fourth-order valence-corrected chi connectivity index (χ4v) is 3.28. The van der Waals surface area contributed by atoms with E-state index in [1.165, 1.54) is 0 Å². The Labute approximate surface area is 124 Å². The predicted molar refractivity (Wildman–Crippen MR) is 77.5 cm³/mol. The number of amides is 1. The summed E-state index contributed by atoms with van der Waals surface area (Å²) in [6.45, 7) is 2.07. The lowest BCUT2D eigenvalue weighted by molar-refractivity contribution is -0.157. The fraction of sp³-hybridized carbons (Fsp3) is 0.600. The van der Waals surface area contributed by atoms with Gasteiger partial charge in [0, 0.05) is 26.3 Å². The Bertz CT molecular complexity index is 506. The van der Waals surface area contributed by atoms with Crippen LogP contribution in [0.1, 0.15) is 25.0 Å². The quantitative estimate of drug-likeness (QED) is 0.850. The van der Waals surface area contributed by atoms with Gasteiger partial charge in [0.15, 0.2) is 0 Å². The van der Waals surface area contributed by atoms with E-state index < -0.39 is 0 Å². The third kappa shape index (κ3) is 2.87. The van der Waals surface area contributed by atoms with Gasteiger partial charge in [0.25, 0.3) is 0 Å². The smallest absolute Gasteiger partial charge is 0.246 e. The third-order valence-corrected chi connectivity index (χ3v) is 4.36. The summed E-state index contributed by atoms with van der Waals surface area (Å²) in [5.74, 6) is 0.00836. The molecule has 0 saturated carbocycles. The number of nitrogens with one attached hydrogen (secondary N) is 1. The van der Waals surface area contributed by atoms with Crippen molar-refractivity contribution in [1.82, 2.24) is 14.9 Å². The van der Waals surface area contributed by atoms with Gasteiger partial charge in [-0.3, -0.25) is 4.79 Å². The first-order chi connectivity index (χ1) is 10.2. The van der Waals surface area contributed by atoms with Gasteiger partial charge in [-0.1, -0.05) is 0 Å². The van der Waals surface area contributed by atoms with Gasteiger partial charge in [0.2, 0.25) is 5.91 Å². The maximum atomic E-state index is 12.3. The molecule has 2 atom stereocenters. The van der Waals surface area contributed by atoms with Crippen LogP contribution in [0.4, 0.5) is 0 Å². The molecule has 2 aliphatic rings. The molecule has 0 aromatic carbocycles. The lowest BCUT2D eigenvalue weighted by Gasteiger charge is -2.44. The van der Waals surface area contributed by atoms with Crippen LogP contribution < -0.4 is 0 Å². The number of carbonyl (C=O) groups excluding carboxylic acids is 1. The van der Waals surface area contributed by atoms with E-state index in [0.29, 0.717) is 13.1 Å².